The lowest BCUT2D eigenvalue weighted by molar-refractivity contribution is -0.133. The van der Waals surface area contributed by atoms with Gasteiger partial charge in [0.2, 0.25) is 10.0 Å². The van der Waals surface area contributed by atoms with E-state index in [4.69, 9.17) is 6.42 Å². The van der Waals surface area contributed by atoms with Crippen LogP contribution in [0.25, 0.3) is 0 Å². The molecule has 110 valence electrons. The average molecular weight is 305 g/mol. The van der Waals surface area contributed by atoms with Crippen molar-refractivity contribution in [3.8, 4) is 24.2 Å². The molecule has 0 saturated carbocycles. The summed E-state index contributed by atoms with van der Waals surface area (Å²) >= 11 is 0. The van der Waals surface area contributed by atoms with Gasteiger partial charge in [-0.05, 0) is 19.1 Å². The number of nitrogens with zero attached hydrogens (tertiary/aromatic N) is 1. The van der Waals surface area contributed by atoms with E-state index in [-0.39, 0.29) is 18.0 Å². The van der Waals surface area contributed by atoms with Crippen molar-refractivity contribution in [3.63, 3.8) is 0 Å². The number of aryl methyl sites for hydroxylation is 1. The molecule has 0 bridgehead atoms. The second-order valence-corrected chi connectivity index (χ2v) is 6.02. The largest absolute Gasteiger partial charge is 0.459 e. The molecular formula is C15H15NO4S. The number of hydrogen-bond donors (Lipinski definition) is 0. The second-order valence-electron chi connectivity index (χ2n) is 4.08. The summed E-state index contributed by atoms with van der Waals surface area (Å²) < 4.78 is 30.2. The number of ether oxygens (including phenoxy) is 1. The average Bonchev–Trinajstić information content (AvgIpc) is 2.46. The van der Waals surface area contributed by atoms with Gasteiger partial charge >= 0.3 is 5.97 Å². The van der Waals surface area contributed by atoms with E-state index in [1.165, 1.54) is 19.2 Å². The highest BCUT2D eigenvalue weighted by Gasteiger charge is 2.22. The minimum absolute atomic E-state index is 0.128. The Morgan fingerprint density at radius 2 is 1.90 bits per heavy atom. The van der Waals surface area contributed by atoms with Gasteiger partial charge in [0.25, 0.3) is 0 Å². The van der Waals surface area contributed by atoms with Crippen molar-refractivity contribution in [2.45, 2.75) is 11.8 Å². The van der Waals surface area contributed by atoms with Gasteiger partial charge in [-0.2, -0.15) is 4.31 Å². The van der Waals surface area contributed by atoms with Crippen LogP contribution in [-0.2, 0) is 19.6 Å². The fourth-order valence-electron chi connectivity index (χ4n) is 1.44. The lowest BCUT2D eigenvalue weighted by Gasteiger charge is -2.17. The predicted octanol–water partition coefficient (Wildman–Crippen LogP) is 0.795. The number of sulfonamides is 1. The molecule has 0 heterocycles. The SMILES string of the molecule is C#CCN(CC#CC(=O)OC)S(=O)(=O)c1ccc(C)cc1. The molecule has 0 spiro atoms. The number of carbonyl (C=O) groups excluding carboxylic acids is 1. The van der Waals surface area contributed by atoms with E-state index in [9.17, 15) is 13.2 Å². The summed E-state index contributed by atoms with van der Waals surface area (Å²) in [4.78, 5) is 11.0. The molecule has 0 aliphatic rings. The molecular weight excluding hydrogens is 290 g/mol. The first kappa shape index (κ1) is 16.8. The van der Waals surface area contributed by atoms with Crippen LogP contribution in [0.1, 0.15) is 5.56 Å². The second kappa shape index (κ2) is 7.49. The monoisotopic (exact) mass is 305 g/mol. The Bertz CT molecular complexity index is 703. The van der Waals surface area contributed by atoms with Crippen molar-refractivity contribution in [1.82, 2.24) is 4.31 Å². The van der Waals surface area contributed by atoms with Crippen molar-refractivity contribution in [1.29, 1.82) is 0 Å². The molecule has 0 aromatic heterocycles. The van der Waals surface area contributed by atoms with Gasteiger partial charge in [0, 0.05) is 5.92 Å². The normalized spacial score (nSPS) is 10.4. The fraction of sp³-hybridized carbons (Fsp3) is 0.267. The fourth-order valence-corrected chi connectivity index (χ4v) is 2.70. The van der Waals surface area contributed by atoms with Crippen LogP contribution in [0.5, 0.6) is 0 Å². The van der Waals surface area contributed by atoms with Gasteiger partial charge in [0.15, 0.2) is 0 Å². The van der Waals surface area contributed by atoms with E-state index in [1.54, 1.807) is 12.1 Å². The van der Waals surface area contributed by atoms with Crippen molar-refractivity contribution in [3.05, 3.63) is 29.8 Å². The minimum Gasteiger partial charge on any atom is -0.459 e. The Hall–Kier alpha value is -2.28. The summed E-state index contributed by atoms with van der Waals surface area (Å²) in [5.41, 5.74) is 0.947. The highest BCUT2D eigenvalue weighted by atomic mass is 32.2. The van der Waals surface area contributed by atoms with Gasteiger partial charge in [-0.3, -0.25) is 0 Å². The van der Waals surface area contributed by atoms with E-state index < -0.39 is 16.0 Å². The third kappa shape index (κ3) is 4.64. The Labute approximate surface area is 125 Å². The number of rotatable bonds is 4. The lowest BCUT2D eigenvalue weighted by atomic mass is 10.2. The summed E-state index contributed by atoms with van der Waals surface area (Å²) in [7, 11) is -2.55. The molecule has 0 radical (unpaired) electrons. The number of benzene rings is 1. The van der Waals surface area contributed by atoms with Crippen LogP contribution in [0.3, 0.4) is 0 Å². The van der Waals surface area contributed by atoms with Gasteiger partial charge in [0.1, 0.15) is 0 Å². The topological polar surface area (TPSA) is 63.7 Å². The highest BCUT2D eigenvalue weighted by molar-refractivity contribution is 7.89. The molecule has 5 nitrogen and oxygen atoms in total. The van der Waals surface area contributed by atoms with Crippen molar-refractivity contribution in [2.24, 2.45) is 0 Å². The summed E-state index contributed by atoms with van der Waals surface area (Å²) in [5, 5.41) is 0. The van der Waals surface area contributed by atoms with Crippen LogP contribution in [0.4, 0.5) is 0 Å². The smallest absolute Gasteiger partial charge is 0.384 e. The molecule has 0 amide bonds. The van der Waals surface area contributed by atoms with Crippen LogP contribution >= 0.6 is 0 Å². The summed E-state index contributed by atoms with van der Waals surface area (Å²) in [6.45, 7) is 1.54. The third-order valence-corrected chi connectivity index (χ3v) is 4.36. The number of esters is 1. The molecule has 21 heavy (non-hydrogen) atoms. The first-order valence-electron chi connectivity index (χ1n) is 5.99. The van der Waals surface area contributed by atoms with Crippen LogP contribution in [0.15, 0.2) is 29.2 Å². The number of methoxy groups -OCH3 is 1. The van der Waals surface area contributed by atoms with E-state index >= 15 is 0 Å². The molecule has 0 aliphatic heterocycles. The zero-order valence-electron chi connectivity index (χ0n) is 11.8. The van der Waals surface area contributed by atoms with Gasteiger partial charge in [-0.15, -0.1) is 6.42 Å². The van der Waals surface area contributed by atoms with Crippen molar-refractivity contribution in [2.75, 3.05) is 20.2 Å². The highest BCUT2D eigenvalue weighted by Crippen LogP contribution is 2.15. The van der Waals surface area contributed by atoms with E-state index in [0.717, 1.165) is 9.87 Å². The van der Waals surface area contributed by atoms with Crippen molar-refractivity contribution >= 4 is 16.0 Å². The molecule has 6 heteroatoms. The maximum atomic E-state index is 12.4. The zero-order valence-corrected chi connectivity index (χ0v) is 12.6. The molecule has 0 fully saturated rings. The summed E-state index contributed by atoms with van der Waals surface area (Å²) in [6, 6.07) is 6.39. The maximum Gasteiger partial charge on any atom is 0.384 e. The van der Waals surface area contributed by atoms with E-state index in [1.807, 2.05) is 6.92 Å². The molecule has 0 aliphatic carbocycles. The van der Waals surface area contributed by atoms with E-state index in [0.29, 0.717) is 0 Å². The number of carbonyl (C=O) groups is 1. The molecule has 0 N–H and O–H groups in total. The van der Waals surface area contributed by atoms with Crippen LogP contribution < -0.4 is 0 Å². The molecule has 1 rings (SSSR count). The van der Waals surface area contributed by atoms with E-state index in [2.05, 4.69) is 22.5 Å². The Kier molecular flexibility index (Phi) is 5.98. The van der Waals surface area contributed by atoms with Crippen LogP contribution in [0.2, 0.25) is 0 Å². The molecule has 1 aromatic carbocycles. The summed E-state index contributed by atoms with van der Waals surface area (Å²) in [5.74, 6) is 6.14. The number of terminal acetylenes is 1. The Morgan fingerprint density at radius 1 is 1.29 bits per heavy atom. The van der Waals surface area contributed by atoms with Gasteiger partial charge in [0.05, 0.1) is 25.1 Å². The predicted molar refractivity (Wildman–Crippen MR) is 78.6 cm³/mol. The Balaban J connectivity index is 3.03. The van der Waals surface area contributed by atoms with Crippen molar-refractivity contribution < 1.29 is 17.9 Å². The third-order valence-electron chi connectivity index (χ3n) is 2.56. The maximum absolute atomic E-state index is 12.4. The molecule has 0 unspecified atom stereocenters. The zero-order chi connectivity index (χ0) is 15.9. The first-order chi connectivity index (χ1) is 9.91. The minimum atomic E-state index is -3.75. The lowest BCUT2D eigenvalue weighted by Crippen LogP contribution is -2.32. The molecule has 1 aromatic rings. The van der Waals surface area contributed by atoms with Gasteiger partial charge in [-0.25, -0.2) is 13.2 Å². The molecule has 0 saturated heterocycles. The first-order valence-corrected chi connectivity index (χ1v) is 7.43. The quantitative estimate of drug-likeness (QED) is 0.469. The van der Waals surface area contributed by atoms with Gasteiger partial charge in [-0.1, -0.05) is 29.5 Å². The standard InChI is InChI=1S/C15H15NO4S/c1-4-11-16(12-5-6-15(17)20-3)21(18,19)14-9-7-13(2)8-10-14/h1,7-10H,11-12H2,2-3H3. The Morgan fingerprint density at radius 3 is 2.43 bits per heavy atom. The van der Waals surface area contributed by atoms with Gasteiger partial charge < -0.3 is 4.74 Å². The van der Waals surface area contributed by atoms with Crippen LogP contribution in [-0.4, -0.2) is 38.9 Å². The number of hydrogen-bond acceptors (Lipinski definition) is 4. The van der Waals surface area contributed by atoms with Crippen LogP contribution in [0, 0.1) is 31.1 Å². The summed E-state index contributed by atoms with van der Waals surface area (Å²) in [6.07, 6.45) is 5.19. The molecule has 0 atom stereocenters.